The number of aromatic amines is 1. The molecule has 5 aromatic rings. The van der Waals surface area contributed by atoms with Gasteiger partial charge in [-0.3, -0.25) is 4.79 Å². The van der Waals surface area contributed by atoms with Gasteiger partial charge in [-0.15, -0.1) is 0 Å². The zero-order chi connectivity index (χ0) is 28.0. The fourth-order valence-corrected chi connectivity index (χ4v) is 5.57. The Morgan fingerprint density at radius 3 is 2.40 bits per heavy atom. The molecule has 0 fully saturated rings. The molecule has 9 heteroatoms. The van der Waals surface area contributed by atoms with E-state index in [0.717, 1.165) is 35.0 Å². The van der Waals surface area contributed by atoms with Crippen LogP contribution in [0.25, 0.3) is 10.9 Å². The van der Waals surface area contributed by atoms with Crippen LogP contribution in [0, 0.1) is 11.8 Å². The van der Waals surface area contributed by atoms with Crippen LogP contribution in [0.4, 0.5) is 0 Å². The van der Waals surface area contributed by atoms with Crippen molar-refractivity contribution < 1.29 is 17.9 Å². The fourth-order valence-electron chi connectivity index (χ4n) is 4.38. The fraction of sp³-hybridized carbons (Fsp3) is 0.161. The third-order valence-electron chi connectivity index (χ3n) is 6.57. The summed E-state index contributed by atoms with van der Waals surface area (Å²) >= 11 is 0. The lowest BCUT2D eigenvalue weighted by Gasteiger charge is -2.16. The maximum atomic E-state index is 13.1. The topological polar surface area (TPSA) is 106 Å². The summed E-state index contributed by atoms with van der Waals surface area (Å²) in [6, 6.07) is 20.8. The number of rotatable bonds is 9. The molecule has 0 bridgehead atoms. The van der Waals surface area contributed by atoms with Crippen LogP contribution in [0.1, 0.15) is 22.3 Å². The number of para-hydroxylation sites is 1. The number of fused-ring (bicyclic) bond motifs is 1. The molecule has 40 heavy (non-hydrogen) atoms. The maximum Gasteiger partial charge on any atom is 0.324 e. The zero-order valence-corrected chi connectivity index (χ0v) is 22.7. The summed E-state index contributed by atoms with van der Waals surface area (Å²) in [7, 11) is -2.76. The molecule has 0 unspecified atom stereocenters. The number of H-pyrrole nitrogens is 1. The van der Waals surface area contributed by atoms with Gasteiger partial charge in [0.2, 0.25) is 10.0 Å². The number of aryl methyl sites for hydroxylation is 2. The van der Waals surface area contributed by atoms with Crippen LogP contribution in [0.2, 0.25) is 0 Å². The first-order valence-corrected chi connectivity index (χ1v) is 14.2. The first kappa shape index (κ1) is 26.9. The van der Waals surface area contributed by atoms with Gasteiger partial charge < -0.3 is 14.3 Å². The van der Waals surface area contributed by atoms with E-state index in [4.69, 9.17) is 4.74 Å². The highest BCUT2D eigenvalue weighted by molar-refractivity contribution is 7.89. The highest BCUT2D eigenvalue weighted by Gasteiger charge is 2.27. The van der Waals surface area contributed by atoms with E-state index in [0.29, 0.717) is 5.56 Å². The predicted molar refractivity (Wildman–Crippen MR) is 153 cm³/mol. The molecular weight excluding hydrogens is 524 g/mol. The molecule has 2 aromatic heterocycles. The number of carbonyl (C=O) groups excluding carboxylic acids is 1. The van der Waals surface area contributed by atoms with Crippen LogP contribution in [-0.2, 0) is 38.9 Å². The van der Waals surface area contributed by atoms with Crippen molar-refractivity contribution in [2.75, 3.05) is 7.11 Å². The number of sulfonamides is 1. The third-order valence-corrected chi connectivity index (χ3v) is 8.06. The van der Waals surface area contributed by atoms with Crippen molar-refractivity contribution in [1.29, 1.82) is 0 Å². The lowest BCUT2D eigenvalue weighted by atomic mass is 10.1. The van der Waals surface area contributed by atoms with Crippen molar-refractivity contribution in [2.24, 2.45) is 0 Å². The second kappa shape index (κ2) is 12.0. The van der Waals surface area contributed by atoms with Gasteiger partial charge in [0.1, 0.15) is 6.04 Å². The molecule has 1 atom stereocenters. The molecule has 8 nitrogen and oxygen atoms in total. The van der Waals surface area contributed by atoms with Gasteiger partial charge in [0, 0.05) is 53.6 Å². The number of ether oxygens (including phenoxy) is 1. The minimum absolute atomic E-state index is 0.0353. The van der Waals surface area contributed by atoms with Gasteiger partial charge in [-0.1, -0.05) is 42.2 Å². The van der Waals surface area contributed by atoms with E-state index in [9.17, 15) is 13.2 Å². The number of esters is 1. The van der Waals surface area contributed by atoms with Crippen LogP contribution in [0.5, 0.6) is 0 Å². The first-order valence-electron chi connectivity index (χ1n) is 12.7. The Morgan fingerprint density at radius 2 is 1.73 bits per heavy atom. The number of nitrogens with zero attached hydrogens (tertiary/aromatic N) is 2. The minimum Gasteiger partial charge on any atom is -0.468 e. The van der Waals surface area contributed by atoms with Crippen molar-refractivity contribution in [1.82, 2.24) is 19.3 Å². The van der Waals surface area contributed by atoms with Crippen LogP contribution in [0.15, 0.2) is 103 Å². The van der Waals surface area contributed by atoms with Gasteiger partial charge in [0.25, 0.3) is 0 Å². The summed E-state index contributed by atoms with van der Waals surface area (Å²) in [4.78, 5) is 19.7. The second-order valence-corrected chi connectivity index (χ2v) is 11.0. The minimum atomic E-state index is -4.00. The first-order chi connectivity index (χ1) is 19.4. The van der Waals surface area contributed by atoms with Crippen LogP contribution in [0.3, 0.4) is 0 Å². The van der Waals surface area contributed by atoms with Gasteiger partial charge in [-0.25, -0.2) is 13.4 Å². The summed E-state index contributed by atoms with van der Waals surface area (Å²) in [5, 5.41) is 0.919. The zero-order valence-electron chi connectivity index (χ0n) is 21.9. The van der Waals surface area contributed by atoms with Crippen molar-refractivity contribution in [3.8, 4) is 11.8 Å². The van der Waals surface area contributed by atoms with Crippen molar-refractivity contribution in [2.45, 2.75) is 30.3 Å². The molecule has 0 amide bonds. The number of carbonyl (C=O) groups is 1. The van der Waals surface area contributed by atoms with E-state index >= 15 is 0 Å². The molecule has 202 valence electrons. The number of hydrogen-bond donors (Lipinski definition) is 2. The Morgan fingerprint density at radius 1 is 1.02 bits per heavy atom. The smallest absolute Gasteiger partial charge is 0.324 e. The van der Waals surface area contributed by atoms with Gasteiger partial charge in [0.05, 0.1) is 18.3 Å². The monoisotopic (exact) mass is 552 g/mol. The lowest BCUT2D eigenvalue weighted by molar-refractivity contribution is -0.142. The molecule has 0 aliphatic rings. The normalized spacial score (nSPS) is 12.0. The predicted octanol–water partition coefficient (Wildman–Crippen LogP) is 4.07. The average molecular weight is 553 g/mol. The van der Waals surface area contributed by atoms with Crippen LogP contribution >= 0.6 is 0 Å². The van der Waals surface area contributed by atoms with Crippen molar-refractivity contribution in [3.63, 3.8) is 0 Å². The Hall–Kier alpha value is -4.65. The molecule has 0 spiro atoms. The molecule has 0 saturated carbocycles. The summed E-state index contributed by atoms with van der Waals surface area (Å²) in [6.07, 6.45) is 8.32. The maximum absolute atomic E-state index is 13.1. The number of imidazole rings is 1. The third kappa shape index (κ3) is 6.49. The lowest BCUT2D eigenvalue weighted by Crippen LogP contribution is -2.42. The average Bonchev–Trinajstić information content (AvgIpc) is 3.65. The molecule has 2 N–H and O–H groups in total. The molecule has 2 heterocycles. The molecule has 0 radical (unpaired) electrons. The molecular formula is C31H28N4O4S. The molecule has 0 saturated heterocycles. The van der Waals surface area contributed by atoms with E-state index in [1.807, 2.05) is 47.2 Å². The quantitative estimate of drug-likeness (QED) is 0.212. The standard InChI is InChI=1S/C31H28N4O4S/c1-39-31(36)30(20-26-21-33-29-5-3-2-4-28(26)29)34-40(37,38)27-14-12-24(13-15-27)7-6-23-8-10-25(11-9-23)16-18-35-19-17-32-22-35/h2-5,8-15,17,19,21-22,30,33-34H,16,18,20H2,1H3/t30-/m1/s1. The van der Waals surface area contributed by atoms with E-state index in [1.54, 1.807) is 30.9 Å². The Balaban J connectivity index is 1.24. The SMILES string of the molecule is COC(=O)[C@@H](Cc1c[nH]c2ccccc12)NS(=O)(=O)c1ccc(C#Cc2ccc(CCn3ccnc3)cc2)cc1. The van der Waals surface area contributed by atoms with E-state index in [2.05, 4.69) is 38.7 Å². The van der Waals surface area contributed by atoms with Crippen LogP contribution < -0.4 is 4.72 Å². The molecule has 3 aromatic carbocycles. The molecule has 0 aliphatic heterocycles. The van der Waals surface area contributed by atoms with E-state index in [1.165, 1.54) is 24.8 Å². The summed E-state index contributed by atoms with van der Waals surface area (Å²) < 4.78 is 35.7. The Kier molecular flexibility index (Phi) is 8.10. The Labute approximate surface area is 233 Å². The number of benzene rings is 3. The molecule has 5 rings (SSSR count). The second-order valence-electron chi connectivity index (χ2n) is 9.28. The Bertz CT molecular complexity index is 1760. The summed E-state index contributed by atoms with van der Waals surface area (Å²) in [6.45, 7) is 0.860. The summed E-state index contributed by atoms with van der Waals surface area (Å²) in [5.74, 6) is 5.53. The van der Waals surface area contributed by atoms with Gasteiger partial charge in [-0.2, -0.15) is 4.72 Å². The van der Waals surface area contributed by atoms with E-state index in [-0.39, 0.29) is 11.3 Å². The highest BCUT2D eigenvalue weighted by atomic mass is 32.2. The number of aromatic nitrogens is 3. The van der Waals surface area contributed by atoms with Crippen molar-refractivity contribution >= 4 is 26.9 Å². The largest absolute Gasteiger partial charge is 0.468 e. The van der Waals surface area contributed by atoms with E-state index < -0.39 is 22.0 Å². The number of hydrogen-bond acceptors (Lipinski definition) is 5. The summed E-state index contributed by atoms with van der Waals surface area (Å²) in [5.41, 5.74) is 4.46. The number of methoxy groups -OCH3 is 1. The van der Waals surface area contributed by atoms with Gasteiger partial charge in [0.15, 0.2) is 0 Å². The number of nitrogens with one attached hydrogen (secondary N) is 2. The highest BCUT2D eigenvalue weighted by Crippen LogP contribution is 2.20. The van der Waals surface area contributed by atoms with Gasteiger partial charge >= 0.3 is 5.97 Å². The van der Waals surface area contributed by atoms with Gasteiger partial charge in [-0.05, 0) is 60.0 Å². The van der Waals surface area contributed by atoms with Crippen molar-refractivity contribution in [3.05, 3.63) is 120 Å². The van der Waals surface area contributed by atoms with Crippen LogP contribution in [-0.4, -0.2) is 42.1 Å². The molecule has 0 aliphatic carbocycles.